The molecular weight excluding hydrogens is 421 g/mol. The van der Waals surface area contributed by atoms with Crippen LogP contribution in [-0.4, -0.2) is 46.4 Å². The van der Waals surface area contributed by atoms with Gasteiger partial charge in [-0.15, -0.1) is 0 Å². The van der Waals surface area contributed by atoms with Gasteiger partial charge in [-0.2, -0.15) is 0 Å². The highest BCUT2D eigenvalue weighted by molar-refractivity contribution is 7.95. The zero-order valence-corrected chi connectivity index (χ0v) is 18.0. The Kier molecular flexibility index (Phi) is 6.77. The maximum atomic E-state index is 12.9. The molecule has 1 aromatic heterocycles. The van der Waals surface area contributed by atoms with E-state index < -0.39 is 0 Å². The lowest BCUT2D eigenvalue weighted by Crippen LogP contribution is -2.52. The Morgan fingerprint density at radius 2 is 2.11 bits per heavy atom. The van der Waals surface area contributed by atoms with Crippen molar-refractivity contribution in [2.45, 2.75) is 19.4 Å². The van der Waals surface area contributed by atoms with Crippen LogP contribution in [0, 0.1) is 5.92 Å². The van der Waals surface area contributed by atoms with E-state index in [0.717, 1.165) is 23.9 Å². The number of nitrogens with zero attached hydrogens (tertiary/aromatic N) is 2. The minimum absolute atomic E-state index is 0.0382. The van der Waals surface area contributed by atoms with Crippen molar-refractivity contribution in [3.63, 3.8) is 0 Å². The number of nitrogens with one attached hydrogen (secondary N) is 2. The number of carbonyl (C=O) groups is 2. The average molecular weight is 444 g/mol. The highest BCUT2D eigenvalue weighted by atomic mass is 35.5. The maximum absolute atomic E-state index is 12.9. The van der Waals surface area contributed by atoms with Crippen LogP contribution < -0.4 is 15.8 Å². The predicted molar refractivity (Wildman–Crippen MR) is 114 cm³/mol. The van der Waals surface area contributed by atoms with Gasteiger partial charge in [0.25, 0.3) is 5.91 Å². The minimum atomic E-state index is -0.169. The van der Waals surface area contributed by atoms with E-state index in [2.05, 4.69) is 14.3 Å². The SMILES string of the molecule is CC(=O)NSN1CCC(NC(=O)c2cc3c(Cl)c(Cl)ccc3n2C)C(CN)C1. The monoisotopic (exact) mass is 443 g/mol. The van der Waals surface area contributed by atoms with Crippen molar-refractivity contribution in [2.24, 2.45) is 18.7 Å². The molecule has 0 saturated carbocycles. The normalized spacial score (nSPS) is 20.3. The molecular formula is C18H23Cl2N5O2S. The highest BCUT2D eigenvalue weighted by Crippen LogP contribution is 2.32. The summed E-state index contributed by atoms with van der Waals surface area (Å²) in [5, 5.41) is 4.77. The van der Waals surface area contributed by atoms with Crippen LogP contribution in [0.2, 0.25) is 10.0 Å². The van der Waals surface area contributed by atoms with Crippen molar-refractivity contribution in [1.82, 2.24) is 18.9 Å². The fourth-order valence-electron chi connectivity index (χ4n) is 3.45. The van der Waals surface area contributed by atoms with Crippen LogP contribution in [-0.2, 0) is 11.8 Å². The quantitative estimate of drug-likeness (QED) is 0.617. The summed E-state index contributed by atoms with van der Waals surface area (Å²) in [6, 6.07) is 5.29. The smallest absolute Gasteiger partial charge is 0.268 e. The largest absolute Gasteiger partial charge is 0.348 e. The number of hydrogen-bond donors (Lipinski definition) is 3. The Labute approximate surface area is 178 Å². The van der Waals surface area contributed by atoms with Gasteiger partial charge in [-0.25, -0.2) is 4.31 Å². The van der Waals surface area contributed by atoms with E-state index in [9.17, 15) is 9.59 Å². The summed E-state index contributed by atoms with van der Waals surface area (Å²) < 4.78 is 6.59. The fraction of sp³-hybridized carbons (Fsp3) is 0.444. The second-order valence-electron chi connectivity index (χ2n) is 6.88. The third kappa shape index (κ3) is 4.41. The molecule has 4 N–H and O–H groups in total. The second kappa shape index (κ2) is 8.92. The zero-order valence-electron chi connectivity index (χ0n) is 15.7. The summed E-state index contributed by atoms with van der Waals surface area (Å²) in [4.78, 5) is 24.0. The van der Waals surface area contributed by atoms with Gasteiger partial charge in [0.05, 0.1) is 10.0 Å². The standard InChI is InChI=1S/C18H23Cl2N5O2S/c1-10(26)23-28-25-6-5-14(11(8-21)9-25)22-18(27)16-7-12-15(24(16)2)4-3-13(19)17(12)20/h3-4,7,11,14H,5-6,8-9,21H2,1-2H3,(H,22,27)(H,23,26). The van der Waals surface area contributed by atoms with E-state index in [1.807, 2.05) is 17.7 Å². The van der Waals surface area contributed by atoms with Crippen LogP contribution in [0.3, 0.4) is 0 Å². The first-order chi connectivity index (χ1) is 13.3. The van der Waals surface area contributed by atoms with Crippen molar-refractivity contribution >= 4 is 58.1 Å². The van der Waals surface area contributed by atoms with Gasteiger partial charge in [0.15, 0.2) is 0 Å². The van der Waals surface area contributed by atoms with E-state index in [1.54, 1.807) is 12.1 Å². The number of aryl methyl sites for hydroxylation is 1. The van der Waals surface area contributed by atoms with E-state index in [4.69, 9.17) is 28.9 Å². The molecule has 2 amide bonds. The molecule has 10 heteroatoms. The van der Waals surface area contributed by atoms with Crippen LogP contribution in [0.15, 0.2) is 18.2 Å². The molecule has 0 spiro atoms. The number of fused-ring (bicyclic) bond motifs is 1. The Balaban J connectivity index is 1.72. The van der Waals surface area contributed by atoms with Crippen molar-refractivity contribution in [3.8, 4) is 0 Å². The molecule has 0 radical (unpaired) electrons. The number of aromatic nitrogens is 1. The summed E-state index contributed by atoms with van der Waals surface area (Å²) in [5.41, 5.74) is 7.30. The molecule has 0 aliphatic carbocycles. The topological polar surface area (TPSA) is 92.4 Å². The first-order valence-corrected chi connectivity index (χ1v) is 10.5. The van der Waals surface area contributed by atoms with Gasteiger partial charge in [0.2, 0.25) is 5.91 Å². The molecule has 1 aromatic carbocycles. The summed E-state index contributed by atoms with van der Waals surface area (Å²) >= 11 is 13.7. The molecule has 0 bridgehead atoms. The van der Waals surface area contributed by atoms with Crippen LogP contribution in [0.25, 0.3) is 10.9 Å². The van der Waals surface area contributed by atoms with Crippen molar-refractivity contribution in [1.29, 1.82) is 0 Å². The summed E-state index contributed by atoms with van der Waals surface area (Å²) in [7, 11) is 1.83. The molecule has 2 aromatic rings. The lowest BCUT2D eigenvalue weighted by molar-refractivity contribution is -0.117. The third-order valence-corrected chi connectivity index (χ3v) is 6.77. The molecule has 3 rings (SSSR count). The predicted octanol–water partition coefficient (Wildman–Crippen LogP) is 2.56. The number of amides is 2. The Morgan fingerprint density at radius 1 is 1.36 bits per heavy atom. The van der Waals surface area contributed by atoms with Crippen LogP contribution in [0.4, 0.5) is 0 Å². The summed E-state index contributed by atoms with van der Waals surface area (Å²) in [6.07, 6.45) is 0.747. The Hall–Kier alpha value is -1.45. The van der Waals surface area contributed by atoms with Crippen LogP contribution >= 0.6 is 35.3 Å². The van der Waals surface area contributed by atoms with Gasteiger partial charge in [0.1, 0.15) is 5.69 Å². The lowest BCUT2D eigenvalue weighted by atomic mass is 9.93. The molecule has 2 heterocycles. The van der Waals surface area contributed by atoms with Crippen molar-refractivity contribution in [2.75, 3.05) is 19.6 Å². The van der Waals surface area contributed by atoms with Gasteiger partial charge < -0.3 is 15.6 Å². The Bertz CT molecular complexity index is 904. The van der Waals surface area contributed by atoms with E-state index in [0.29, 0.717) is 28.8 Å². The summed E-state index contributed by atoms with van der Waals surface area (Å²) in [6.45, 7) is 3.34. The number of benzene rings is 1. The number of halogens is 2. The van der Waals surface area contributed by atoms with Crippen LogP contribution in [0.1, 0.15) is 23.8 Å². The lowest BCUT2D eigenvalue weighted by Gasteiger charge is -2.37. The van der Waals surface area contributed by atoms with E-state index in [1.165, 1.54) is 19.1 Å². The molecule has 1 fully saturated rings. The van der Waals surface area contributed by atoms with Gasteiger partial charge in [-0.1, -0.05) is 23.2 Å². The molecule has 28 heavy (non-hydrogen) atoms. The van der Waals surface area contributed by atoms with Gasteiger partial charge in [0, 0.05) is 62.1 Å². The molecule has 7 nitrogen and oxygen atoms in total. The Morgan fingerprint density at radius 3 is 2.79 bits per heavy atom. The summed E-state index contributed by atoms with van der Waals surface area (Å²) in [5.74, 6) is -0.178. The molecule has 2 atom stereocenters. The minimum Gasteiger partial charge on any atom is -0.348 e. The molecule has 1 saturated heterocycles. The molecule has 1 aliphatic heterocycles. The second-order valence-corrected chi connectivity index (χ2v) is 8.57. The number of hydrogen-bond acceptors (Lipinski definition) is 5. The first kappa shape index (κ1) is 21.3. The third-order valence-electron chi connectivity index (χ3n) is 4.98. The number of rotatable bonds is 5. The zero-order chi connectivity index (χ0) is 20.4. The number of carbonyl (C=O) groups excluding carboxylic acids is 2. The number of piperidine rings is 1. The number of nitrogens with two attached hydrogens (primary N) is 1. The molecule has 2 unspecified atom stereocenters. The van der Waals surface area contributed by atoms with Crippen molar-refractivity contribution < 1.29 is 9.59 Å². The van der Waals surface area contributed by atoms with E-state index in [-0.39, 0.29) is 23.8 Å². The highest BCUT2D eigenvalue weighted by Gasteiger charge is 2.31. The first-order valence-electron chi connectivity index (χ1n) is 8.94. The molecule has 1 aliphatic rings. The maximum Gasteiger partial charge on any atom is 0.268 e. The van der Waals surface area contributed by atoms with Crippen molar-refractivity contribution in [3.05, 3.63) is 33.9 Å². The average Bonchev–Trinajstić information content (AvgIpc) is 3.01. The van der Waals surface area contributed by atoms with Gasteiger partial charge in [-0.3, -0.25) is 14.3 Å². The molecule has 152 valence electrons. The van der Waals surface area contributed by atoms with Gasteiger partial charge >= 0.3 is 0 Å². The fourth-order valence-corrected chi connectivity index (χ4v) is 4.55. The van der Waals surface area contributed by atoms with Crippen LogP contribution in [0.5, 0.6) is 0 Å². The van der Waals surface area contributed by atoms with E-state index >= 15 is 0 Å². The van der Waals surface area contributed by atoms with Gasteiger partial charge in [-0.05, 0) is 31.2 Å².